The summed E-state index contributed by atoms with van der Waals surface area (Å²) in [7, 11) is 3.56. The third kappa shape index (κ3) is 4.58. The molecule has 1 aliphatic rings. The van der Waals surface area contributed by atoms with Crippen molar-refractivity contribution in [1.82, 2.24) is 20.0 Å². The van der Waals surface area contributed by atoms with Gasteiger partial charge in [-0.05, 0) is 42.5 Å². The SMILES string of the molecule is CN(C)C(=O)c1nn(Cc2ccccc2)c2c1CC(NCc1cccc(Cl)c1)CC2. The minimum atomic E-state index is -0.0337. The highest BCUT2D eigenvalue weighted by Gasteiger charge is 2.29. The van der Waals surface area contributed by atoms with Crippen molar-refractivity contribution in [3.63, 3.8) is 0 Å². The van der Waals surface area contributed by atoms with Crippen molar-refractivity contribution < 1.29 is 4.79 Å². The second-order valence-electron chi connectivity index (χ2n) is 8.07. The summed E-state index contributed by atoms with van der Waals surface area (Å²) in [6, 6.07) is 18.5. The van der Waals surface area contributed by atoms with Crippen LogP contribution in [0.1, 0.15) is 39.3 Å². The number of carbonyl (C=O) groups excluding carboxylic acids is 1. The summed E-state index contributed by atoms with van der Waals surface area (Å²) >= 11 is 6.11. The Balaban J connectivity index is 1.55. The van der Waals surface area contributed by atoms with Crippen molar-refractivity contribution in [3.8, 4) is 0 Å². The summed E-state index contributed by atoms with van der Waals surface area (Å²) in [5, 5.41) is 9.14. The zero-order chi connectivity index (χ0) is 21.1. The van der Waals surface area contributed by atoms with Gasteiger partial charge in [-0.15, -0.1) is 0 Å². The lowest BCUT2D eigenvalue weighted by molar-refractivity contribution is 0.0820. The molecule has 1 heterocycles. The Morgan fingerprint density at radius 2 is 1.93 bits per heavy atom. The lowest BCUT2D eigenvalue weighted by Crippen LogP contribution is -2.35. The fraction of sp³-hybridized carbons (Fsp3) is 0.333. The maximum atomic E-state index is 12.8. The van der Waals surface area contributed by atoms with Crippen molar-refractivity contribution in [2.24, 2.45) is 0 Å². The molecule has 1 atom stereocenters. The van der Waals surface area contributed by atoms with E-state index in [-0.39, 0.29) is 5.91 Å². The van der Waals surface area contributed by atoms with Crippen molar-refractivity contribution in [3.05, 3.63) is 87.7 Å². The van der Waals surface area contributed by atoms with E-state index < -0.39 is 0 Å². The molecule has 1 aromatic heterocycles. The number of benzene rings is 2. The molecular formula is C24H27ClN4O. The third-order valence-corrected chi connectivity index (χ3v) is 5.85. The molecule has 3 aromatic rings. The zero-order valence-corrected chi connectivity index (χ0v) is 18.2. The number of halogens is 1. The number of fused-ring (bicyclic) bond motifs is 1. The topological polar surface area (TPSA) is 50.2 Å². The van der Waals surface area contributed by atoms with E-state index >= 15 is 0 Å². The normalized spacial score (nSPS) is 15.6. The molecule has 0 saturated heterocycles. The van der Waals surface area contributed by atoms with E-state index in [1.54, 1.807) is 19.0 Å². The van der Waals surface area contributed by atoms with E-state index in [1.807, 2.05) is 41.1 Å². The Bertz CT molecular complexity index is 1030. The molecule has 1 unspecified atom stereocenters. The highest BCUT2D eigenvalue weighted by Crippen LogP contribution is 2.27. The van der Waals surface area contributed by atoms with Gasteiger partial charge in [0.05, 0.1) is 6.54 Å². The Morgan fingerprint density at radius 1 is 1.17 bits per heavy atom. The van der Waals surface area contributed by atoms with Crippen LogP contribution in [0.25, 0.3) is 0 Å². The van der Waals surface area contributed by atoms with Crippen molar-refractivity contribution in [2.75, 3.05) is 14.1 Å². The van der Waals surface area contributed by atoms with Crippen molar-refractivity contribution in [2.45, 2.75) is 38.4 Å². The monoisotopic (exact) mass is 422 g/mol. The van der Waals surface area contributed by atoms with E-state index in [0.29, 0.717) is 18.3 Å². The van der Waals surface area contributed by atoms with Gasteiger partial charge in [0.1, 0.15) is 0 Å². The van der Waals surface area contributed by atoms with Crippen molar-refractivity contribution in [1.29, 1.82) is 0 Å². The van der Waals surface area contributed by atoms with Crippen LogP contribution in [0.5, 0.6) is 0 Å². The van der Waals surface area contributed by atoms with Crippen LogP contribution in [-0.2, 0) is 25.9 Å². The van der Waals surface area contributed by atoms with Gasteiger partial charge in [-0.1, -0.05) is 54.1 Å². The molecule has 0 radical (unpaired) electrons. The number of hydrogen-bond acceptors (Lipinski definition) is 3. The molecule has 2 aromatic carbocycles. The summed E-state index contributed by atoms with van der Waals surface area (Å²) in [6.45, 7) is 1.44. The Hall–Kier alpha value is -2.63. The lowest BCUT2D eigenvalue weighted by atomic mass is 9.91. The van der Waals surface area contributed by atoms with Crippen LogP contribution >= 0.6 is 11.6 Å². The molecule has 1 aliphatic carbocycles. The molecule has 1 amide bonds. The summed E-state index contributed by atoms with van der Waals surface area (Å²) in [4.78, 5) is 14.4. The minimum absolute atomic E-state index is 0.0337. The van der Waals surface area contributed by atoms with Gasteiger partial charge in [0.2, 0.25) is 0 Å². The first-order chi connectivity index (χ1) is 14.5. The van der Waals surface area contributed by atoms with Crippen molar-refractivity contribution >= 4 is 17.5 Å². The minimum Gasteiger partial charge on any atom is -0.343 e. The van der Waals surface area contributed by atoms with Crippen LogP contribution in [0, 0.1) is 0 Å². The second-order valence-corrected chi connectivity index (χ2v) is 8.50. The maximum Gasteiger partial charge on any atom is 0.274 e. The molecular weight excluding hydrogens is 396 g/mol. The van der Waals surface area contributed by atoms with Gasteiger partial charge in [0.25, 0.3) is 5.91 Å². The molecule has 6 heteroatoms. The van der Waals surface area contributed by atoms with Crippen LogP contribution < -0.4 is 5.32 Å². The average Bonchev–Trinajstić information content (AvgIpc) is 3.10. The molecule has 30 heavy (non-hydrogen) atoms. The molecule has 0 spiro atoms. The van der Waals surface area contributed by atoms with Gasteiger partial charge in [-0.2, -0.15) is 5.10 Å². The van der Waals surface area contributed by atoms with Gasteiger partial charge >= 0.3 is 0 Å². The van der Waals surface area contributed by atoms with Gasteiger partial charge in [0.15, 0.2) is 5.69 Å². The Labute approximate surface area is 182 Å². The largest absolute Gasteiger partial charge is 0.343 e. The Kier molecular flexibility index (Phi) is 6.21. The fourth-order valence-electron chi connectivity index (χ4n) is 4.04. The van der Waals surface area contributed by atoms with Gasteiger partial charge in [-0.3, -0.25) is 9.48 Å². The zero-order valence-electron chi connectivity index (χ0n) is 17.4. The van der Waals surface area contributed by atoms with Crippen LogP contribution in [0.15, 0.2) is 54.6 Å². The quantitative estimate of drug-likeness (QED) is 0.654. The van der Waals surface area contributed by atoms with E-state index in [0.717, 1.165) is 42.0 Å². The first-order valence-electron chi connectivity index (χ1n) is 10.3. The lowest BCUT2D eigenvalue weighted by Gasteiger charge is -2.25. The van der Waals surface area contributed by atoms with Crippen LogP contribution in [0.3, 0.4) is 0 Å². The van der Waals surface area contributed by atoms with Gasteiger partial charge in [0, 0.05) is 43.0 Å². The molecule has 0 aliphatic heterocycles. The summed E-state index contributed by atoms with van der Waals surface area (Å²) in [5.74, 6) is -0.0337. The highest BCUT2D eigenvalue weighted by molar-refractivity contribution is 6.30. The molecule has 0 bridgehead atoms. The van der Waals surface area contributed by atoms with E-state index in [4.69, 9.17) is 16.7 Å². The van der Waals surface area contributed by atoms with Gasteiger partial charge < -0.3 is 10.2 Å². The molecule has 156 valence electrons. The summed E-state index contributed by atoms with van der Waals surface area (Å²) in [5.41, 5.74) is 5.20. The molecule has 5 nitrogen and oxygen atoms in total. The fourth-order valence-corrected chi connectivity index (χ4v) is 4.25. The van der Waals surface area contributed by atoms with E-state index in [1.165, 1.54) is 11.3 Å². The number of hydrogen-bond donors (Lipinski definition) is 1. The summed E-state index contributed by atoms with van der Waals surface area (Å²) in [6.07, 6.45) is 2.73. The molecule has 4 rings (SSSR count). The molecule has 1 N–H and O–H groups in total. The number of nitrogens with zero attached hydrogens (tertiary/aromatic N) is 3. The number of amides is 1. The highest BCUT2D eigenvalue weighted by atomic mass is 35.5. The number of nitrogens with one attached hydrogen (secondary N) is 1. The van der Waals surface area contributed by atoms with Gasteiger partial charge in [-0.25, -0.2) is 0 Å². The third-order valence-electron chi connectivity index (χ3n) is 5.61. The number of aromatic nitrogens is 2. The second kappa shape index (κ2) is 9.02. The molecule has 0 fully saturated rings. The predicted molar refractivity (Wildman–Crippen MR) is 120 cm³/mol. The Morgan fingerprint density at radius 3 is 2.67 bits per heavy atom. The van der Waals surface area contributed by atoms with E-state index in [9.17, 15) is 4.79 Å². The first-order valence-corrected chi connectivity index (χ1v) is 10.7. The number of carbonyl (C=O) groups is 1. The maximum absolute atomic E-state index is 12.8. The smallest absolute Gasteiger partial charge is 0.274 e. The first kappa shape index (κ1) is 20.6. The van der Waals surface area contributed by atoms with Crippen LogP contribution in [-0.4, -0.2) is 40.7 Å². The summed E-state index contributed by atoms with van der Waals surface area (Å²) < 4.78 is 2.02. The molecule has 0 saturated carbocycles. The van der Waals surface area contributed by atoms with Crippen LogP contribution in [0.2, 0.25) is 5.02 Å². The van der Waals surface area contributed by atoms with Crippen LogP contribution in [0.4, 0.5) is 0 Å². The predicted octanol–water partition coefficient (Wildman–Crippen LogP) is 3.93. The number of rotatable bonds is 6. The van der Waals surface area contributed by atoms with E-state index in [2.05, 4.69) is 23.5 Å². The average molecular weight is 423 g/mol. The standard InChI is InChI=1S/C24H27ClN4O/c1-28(2)24(30)23-21-14-20(26-15-18-9-6-10-19(25)13-18)11-12-22(21)29(27-23)16-17-7-4-3-5-8-17/h3-10,13,20,26H,11-12,14-16H2,1-2H3.